The Morgan fingerprint density at radius 1 is 1.07 bits per heavy atom. The molecule has 4 nitrogen and oxygen atoms in total. The molecule has 0 unspecified atom stereocenters. The number of carboxylic acid groups (broad SMARTS) is 1. The van der Waals surface area contributed by atoms with Gasteiger partial charge >= 0.3 is 5.97 Å². The van der Waals surface area contributed by atoms with Crippen LogP contribution in [0.15, 0.2) is 66.7 Å². The first-order chi connectivity index (χ1) is 13.0. The van der Waals surface area contributed by atoms with E-state index in [0.717, 1.165) is 33.0 Å². The second kappa shape index (κ2) is 8.60. The Hall–Kier alpha value is -2.98. The van der Waals surface area contributed by atoms with Crippen LogP contribution in [-0.2, 0) is 11.3 Å². The van der Waals surface area contributed by atoms with Crippen molar-refractivity contribution >= 4 is 23.3 Å². The highest BCUT2D eigenvalue weighted by Crippen LogP contribution is 2.29. The number of aliphatic carboxylic acids is 1. The summed E-state index contributed by atoms with van der Waals surface area (Å²) in [4.78, 5) is 10.5. The van der Waals surface area contributed by atoms with Crippen molar-refractivity contribution in [2.45, 2.75) is 13.5 Å². The molecule has 0 atom stereocenters. The van der Waals surface area contributed by atoms with E-state index in [4.69, 9.17) is 21.4 Å². The number of anilines is 1. The number of aryl methyl sites for hydroxylation is 1. The number of carbonyl (C=O) groups is 1. The number of nitrogens with one attached hydrogen (secondary N) is 1. The van der Waals surface area contributed by atoms with Crippen LogP contribution in [0, 0.1) is 6.92 Å². The molecule has 138 valence electrons. The first-order valence-corrected chi connectivity index (χ1v) is 8.93. The Labute approximate surface area is 163 Å². The van der Waals surface area contributed by atoms with Gasteiger partial charge in [0.2, 0.25) is 0 Å². The fraction of sp³-hybridized carbons (Fsp3) is 0.136. The molecule has 0 saturated carbocycles. The minimum Gasteiger partial charge on any atom is -0.482 e. The van der Waals surface area contributed by atoms with E-state index in [9.17, 15) is 4.79 Å². The summed E-state index contributed by atoms with van der Waals surface area (Å²) in [6.45, 7) is 2.34. The molecule has 0 fully saturated rings. The summed E-state index contributed by atoms with van der Waals surface area (Å²) in [7, 11) is 0. The third-order valence-corrected chi connectivity index (χ3v) is 4.39. The van der Waals surface area contributed by atoms with Gasteiger partial charge in [-0.3, -0.25) is 0 Å². The average molecular weight is 382 g/mol. The second-order valence-corrected chi connectivity index (χ2v) is 6.65. The molecule has 0 aliphatic carbocycles. The third-order valence-electron chi connectivity index (χ3n) is 4.08. The van der Waals surface area contributed by atoms with Gasteiger partial charge in [0.1, 0.15) is 5.75 Å². The van der Waals surface area contributed by atoms with E-state index in [0.29, 0.717) is 12.3 Å². The quantitative estimate of drug-likeness (QED) is 0.576. The van der Waals surface area contributed by atoms with Crippen molar-refractivity contribution in [2.75, 3.05) is 11.9 Å². The van der Waals surface area contributed by atoms with Gasteiger partial charge in [-0.1, -0.05) is 41.9 Å². The zero-order chi connectivity index (χ0) is 19.2. The van der Waals surface area contributed by atoms with Crippen molar-refractivity contribution in [3.63, 3.8) is 0 Å². The Bertz CT molecular complexity index is 939. The van der Waals surface area contributed by atoms with Crippen LogP contribution in [0.25, 0.3) is 11.1 Å². The standard InChI is InChI=1S/C22H20ClNO3/c1-15-5-10-20(21(23)11-15)17-4-2-3-16(12-17)13-24-18-6-8-19(9-7-18)27-14-22(25)26/h2-12,24H,13-14H2,1H3,(H,25,26). The van der Waals surface area contributed by atoms with E-state index in [1.165, 1.54) is 0 Å². The van der Waals surface area contributed by atoms with Gasteiger partial charge in [0.15, 0.2) is 6.61 Å². The predicted octanol–water partition coefficient (Wildman–Crippen LogP) is 5.39. The maximum absolute atomic E-state index is 10.5. The summed E-state index contributed by atoms with van der Waals surface area (Å²) in [6.07, 6.45) is 0. The van der Waals surface area contributed by atoms with Crippen molar-refractivity contribution in [1.82, 2.24) is 0 Å². The minimum atomic E-state index is -0.995. The summed E-state index contributed by atoms with van der Waals surface area (Å²) in [5.74, 6) is -0.468. The second-order valence-electron chi connectivity index (χ2n) is 6.24. The van der Waals surface area contributed by atoms with Gasteiger partial charge < -0.3 is 15.2 Å². The molecular formula is C22H20ClNO3. The molecule has 0 amide bonds. The largest absolute Gasteiger partial charge is 0.482 e. The fourth-order valence-electron chi connectivity index (χ4n) is 2.72. The van der Waals surface area contributed by atoms with E-state index >= 15 is 0 Å². The van der Waals surface area contributed by atoms with E-state index in [2.05, 4.69) is 29.6 Å². The molecule has 3 rings (SSSR count). The fourth-order valence-corrected chi connectivity index (χ4v) is 3.07. The first kappa shape index (κ1) is 18.8. The maximum atomic E-state index is 10.5. The third kappa shape index (κ3) is 5.25. The first-order valence-electron chi connectivity index (χ1n) is 8.55. The topological polar surface area (TPSA) is 58.6 Å². The molecule has 3 aromatic carbocycles. The van der Waals surface area contributed by atoms with Crippen LogP contribution in [0.1, 0.15) is 11.1 Å². The Kier molecular flexibility index (Phi) is 5.99. The lowest BCUT2D eigenvalue weighted by molar-refractivity contribution is -0.139. The van der Waals surface area contributed by atoms with Gasteiger partial charge in [0, 0.05) is 22.8 Å². The molecular weight excluding hydrogens is 362 g/mol. The lowest BCUT2D eigenvalue weighted by atomic mass is 10.0. The van der Waals surface area contributed by atoms with E-state index < -0.39 is 5.97 Å². The van der Waals surface area contributed by atoms with Crippen molar-refractivity contribution < 1.29 is 14.6 Å². The number of carboxylic acids is 1. The van der Waals surface area contributed by atoms with Gasteiger partial charge in [-0.15, -0.1) is 0 Å². The van der Waals surface area contributed by atoms with Crippen molar-refractivity contribution in [3.05, 3.63) is 82.9 Å². The number of halogens is 1. The lowest BCUT2D eigenvalue weighted by Gasteiger charge is -2.10. The molecule has 0 aliphatic rings. The molecule has 0 saturated heterocycles. The highest BCUT2D eigenvalue weighted by atomic mass is 35.5. The zero-order valence-corrected chi connectivity index (χ0v) is 15.7. The summed E-state index contributed by atoms with van der Waals surface area (Å²) < 4.78 is 5.13. The summed E-state index contributed by atoms with van der Waals surface area (Å²) in [6, 6.07) is 21.5. The Balaban J connectivity index is 1.65. The van der Waals surface area contributed by atoms with Crippen LogP contribution in [-0.4, -0.2) is 17.7 Å². The van der Waals surface area contributed by atoms with Gasteiger partial charge in [-0.2, -0.15) is 0 Å². The summed E-state index contributed by atoms with van der Waals surface area (Å²) in [5.41, 5.74) is 5.30. The predicted molar refractivity (Wildman–Crippen MR) is 109 cm³/mol. The summed E-state index contributed by atoms with van der Waals surface area (Å²) >= 11 is 6.39. The van der Waals surface area contributed by atoms with Gasteiger partial charge in [-0.25, -0.2) is 4.79 Å². The van der Waals surface area contributed by atoms with Gasteiger partial charge in [0.25, 0.3) is 0 Å². The molecule has 0 radical (unpaired) electrons. The van der Waals surface area contributed by atoms with Crippen LogP contribution in [0.5, 0.6) is 5.75 Å². The Morgan fingerprint density at radius 3 is 2.56 bits per heavy atom. The van der Waals surface area contributed by atoms with Gasteiger partial charge in [0.05, 0.1) is 0 Å². The van der Waals surface area contributed by atoms with E-state index in [1.807, 2.05) is 37.3 Å². The van der Waals surface area contributed by atoms with Crippen molar-refractivity contribution in [2.24, 2.45) is 0 Å². The molecule has 0 spiro atoms. The minimum absolute atomic E-state index is 0.346. The summed E-state index contributed by atoms with van der Waals surface area (Å²) in [5, 5.41) is 12.7. The maximum Gasteiger partial charge on any atom is 0.341 e. The molecule has 0 bridgehead atoms. The number of rotatable bonds is 7. The molecule has 0 aromatic heterocycles. The SMILES string of the molecule is Cc1ccc(-c2cccc(CNc3ccc(OCC(=O)O)cc3)c2)c(Cl)c1. The van der Waals surface area contributed by atoms with E-state index in [-0.39, 0.29) is 6.61 Å². The number of hydrogen-bond donors (Lipinski definition) is 2. The van der Waals surface area contributed by atoms with E-state index in [1.54, 1.807) is 12.1 Å². The van der Waals surface area contributed by atoms with Gasteiger partial charge in [-0.05, 0) is 60.0 Å². The van der Waals surface area contributed by atoms with Crippen molar-refractivity contribution in [3.8, 4) is 16.9 Å². The van der Waals surface area contributed by atoms with Crippen LogP contribution in [0.3, 0.4) is 0 Å². The molecule has 2 N–H and O–H groups in total. The average Bonchev–Trinajstić information content (AvgIpc) is 2.66. The number of ether oxygens (including phenoxy) is 1. The molecule has 0 heterocycles. The van der Waals surface area contributed by atoms with Crippen LogP contribution in [0.4, 0.5) is 5.69 Å². The normalized spacial score (nSPS) is 10.4. The smallest absolute Gasteiger partial charge is 0.341 e. The van der Waals surface area contributed by atoms with Crippen LogP contribution in [0.2, 0.25) is 5.02 Å². The zero-order valence-electron chi connectivity index (χ0n) is 14.9. The highest BCUT2D eigenvalue weighted by Gasteiger charge is 2.05. The highest BCUT2D eigenvalue weighted by molar-refractivity contribution is 6.33. The van der Waals surface area contributed by atoms with Crippen LogP contribution < -0.4 is 10.1 Å². The molecule has 5 heteroatoms. The monoisotopic (exact) mass is 381 g/mol. The molecule has 3 aromatic rings. The van der Waals surface area contributed by atoms with Crippen LogP contribution >= 0.6 is 11.6 Å². The van der Waals surface area contributed by atoms with Crippen molar-refractivity contribution in [1.29, 1.82) is 0 Å². The lowest BCUT2D eigenvalue weighted by Crippen LogP contribution is -2.09. The number of benzene rings is 3. The molecule has 0 aliphatic heterocycles. The Morgan fingerprint density at radius 2 is 1.85 bits per heavy atom. The molecule has 27 heavy (non-hydrogen) atoms. The number of hydrogen-bond acceptors (Lipinski definition) is 3.